The van der Waals surface area contributed by atoms with Gasteiger partial charge >= 0.3 is 0 Å². The lowest BCUT2D eigenvalue weighted by atomic mass is 9.95. The van der Waals surface area contributed by atoms with Gasteiger partial charge in [-0.1, -0.05) is 0 Å². The van der Waals surface area contributed by atoms with Gasteiger partial charge in [0.25, 0.3) is 5.91 Å². The lowest BCUT2D eigenvalue weighted by Crippen LogP contribution is -2.40. The molecule has 1 aliphatic heterocycles. The fourth-order valence-corrected chi connectivity index (χ4v) is 4.47. The average Bonchev–Trinajstić information content (AvgIpc) is 3.22. The highest BCUT2D eigenvalue weighted by molar-refractivity contribution is 9.10. The highest BCUT2D eigenvalue weighted by Gasteiger charge is 2.42. The van der Waals surface area contributed by atoms with E-state index in [0.717, 1.165) is 17.4 Å². The SMILES string of the molecule is O=C(c1cncc(Br)c1)N1CCc2sccc2C1C1CC1. The van der Waals surface area contributed by atoms with Crippen molar-refractivity contribution in [2.75, 3.05) is 6.54 Å². The first-order valence-corrected chi connectivity index (χ1v) is 8.89. The van der Waals surface area contributed by atoms with Gasteiger partial charge < -0.3 is 4.90 Å². The van der Waals surface area contributed by atoms with Crippen molar-refractivity contribution in [1.82, 2.24) is 9.88 Å². The minimum Gasteiger partial charge on any atom is -0.331 e. The molecule has 21 heavy (non-hydrogen) atoms. The van der Waals surface area contributed by atoms with Crippen LogP contribution in [0.3, 0.4) is 0 Å². The third kappa shape index (κ3) is 2.42. The van der Waals surface area contributed by atoms with E-state index in [1.165, 1.54) is 23.3 Å². The molecule has 0 saturated heterocycles. The van der Waals surface area contributed by atoms with Gasteiger partial charge in [0.1, 0.15) is 0 Å². The summed E-state index contributed by atoms with van der Waals surface area (Å²) in [6, 6.07) is 4.34. The maximum absolute atomic E-state index is 12.9. The molecule has 5 heteroatoms. The molecule has 1 amide bonds. The number of carbonyl (C=O) groups excluding carboxylic acids is 1. The van der Waals surface area contributed by atoms with Crippen molar-refractivity contribution in [2.24, 2.45) is 5.92 Å². The van der Waals surface area contributed by atoms with Crippen molar-refractivity contribution in [3.63, 3.8) is 0 Å². The lowest BCUT2D eigenvalue weighted by Gasteiger charge is -2.36. The lowest BCUT2D eigenvalue weighted by molar-refractivity contribution is 0.0636. The predicted octanol–water partition coefficient (Wildman–Crippen LogP) is 4.06. The molecule has 4 rings (SSSR count). The molecular weight excluding hydrogens is 348 g/mol. The van der Waals surface area contributed by atoms with E-state index in [1.807, 2.05) is 17.4 Å². The minimum atomic E-state index is 0.109. The Morgan fingerprint density at radius 1 is 1.38 bits per heavy atom. The zero-order valence-electron chi connectivity index (χ0n) is 11.5. The minimum absolute atomic E-state index is 0.109. The molecule has 1 fully saturated rings. The summed E-state index contributed by atoms with van der Waals surface area (Å²) in [5, 5.41) is 2.16. The van der Waals surface area contributed by atoms with Crippen LogP contribution in [-0.4, -0.2) is 22.3 Å². The fraction of sp³-hybridized carbons (Fsp3) is 0.375. The molecule has 2 aromatic heterocycles. The summed E-state index contributed by atoms with van der Waals surface area (Å²) < 4.78 is 0.851. The zero-order valence-corrected chi connectivity index (χ0v) is 13.9. The molecule has 3 heterocycles. The molecule has 0 spiro atoms. The maximum atomic E-state index is 12.9. The highest BCUT2D eigenvalue weighted by atomic mass is 79.9. The number of aromatic nitrogens is 1. The van der Waals surface area contributed by atoms with Crippen molar-refractivity contribution in [3.05, 3.63) is 50.4 Å². The number of rotatable bonds is 2. The van der Waals surface area contributed by atoms with Gasteiger partial charge in [0.05, 0.1) is 11.6 Å². The molecule has 1 unspecified atom stereocenters. The summed E-state index contributed by atoms with van der Waals surface area (Å²) in [5.41, 5.74) is 2.05. The molecule has 0 radical (unpaired) electrons. The van der Waals surface area contributed by atoms with Gasteiger partial charge in [-0.05, 0) is 64.2 Å². The summed E-state index contributed by atoms with van der Waals surface area (Å²) in [5.74, 6) is 0.750. The summed E-state index contributed by atoms with van der Waals surface area (Å²) >= 11 is 5.23. The van der Waals surface area contributed by atoms with Gasteiger partial charge in [-0.2, -0.15) is 0 Å². The second-order valence-electron chi connectivity index (χ2n) is 5.72. The maximum Gasteiger partial charge on any atom is 0.255 e. The van der Waals surface area contributed by atoms with Crippen molar-refractivity contribution in [1.29, 1.82) is 0 Å². The number of hydrogen-bond donors (Lipinski definition) is 0. The van der Waals surface area contributed by atoms with Crippen molar-refractivity contribution < 1.29 is 4.79 Å². The summed E-state index contributed by atoms with van der Waals surface area (Å²) in [4.78, 5) is 20.5. The third-order valence-corrected chi connectivity index (χ3v) is 5.73. The summed E-state index contributed by atoms with van der Waals surface area (Å²) in [7, 11) is 0. The second-order valence-corrected chi connectivity index (χ2v) is 7.64. The van der Waals surface area contributed by atoms with Crippen LogP contribution in [0.25, 0.3) is 0 Å². The second kappa shape index (κ2) is 5.21. The molecule has 0 bridgehead atoms. The number of carbonyl (C=O) groups is 1. The van der Waals surface area contributed by atoms with E-state index in [-0.39, 0.29) is 11.9 Å². The Morgan fingerprint density at radius 2 is 2.24 bits per heavy atom. The summed E-state index contributed by atoms with van der Waals surface area (Å²) in [6.07, 6.45) is 6.83. The van der Waals surface area contributed by atoms with Crippen LogP contribution in [0.4, 0.5) is 0 Å². The Balaban J connectivity index is 1.69. The topological polar surface area (TPSA) is 33.2 Å². The number of fused-ring (bicyclic) bond motifs is 1. The van der Waals surface area contributed by atoms with E-state index in [9.17, 15) is 4.79 Å². The quantitative estimate of drug-likeness (QED) is 0.806. The average molecular weight is 363 g/mol. The number of halogens is 1. The molecular formula is C16H15BrN2OS. The van der Waals surface area contributed by atoms with Crippen LogP contribution >= 0.6 is 27.3 Å². The van der Waals surface area contributed by atoms with E-state index in [1.54, 1.807) is 12.4 Å². The predicted molar refractivity (Wildman–Crippen MR) is 86.5 cm³/mol. The molecule has 108 valence electrons. The number of pyridine rings is 1. The molecule has 2 aromatic rings. The smallest absolute Gasteiger partial charge is 0.255 e. The van der Waals surface area contributed by atoms with Gasteiger partial charge in [-0.15, -0.1) is 11.3 Å². The standard InChI is InChI=1S/C16H15BrN2OS/c17-12-7-11(8-18-9-12)16(20)19-5-3-14-13(4-6-21-14)15(19)10-1-2-10/h4,6-10,15H,1-3,5H2. The van der Waals surface area contributed by atoms with Crippen LogP contribution in [0.2, 0.25) is 0 Å². The van der Waals surface area contributed by atoms with E-state index >= 15 is 0 Å². The van der Waals surface area contributed by atoms with Crippen molar-refractivity contribution >= 4 is 33.2 Å². The van der Waals surface area contributed by atoms with Crippen LogP contribution < -0.4 is 0 Å². The zero-order chi connectivity index (χ0) is 14.4. The fourth-order valence-electron chi connectivity index (χ4n) is 3.19. The van der Waals surface area contributed by atoms with E-state index in [0.29, 0.717) is 11.5 Å². The van der Waals surface area contributed by atoms with Crippen LogP contribution in [0.15, 0.2) is 34.4 Å². The van der Waals surface area contributed by atoms with Gasteiger partial charge in [-0.3, -0.25) is 9.78 Å². The van der Waals surface area contributed by atoms with E-state index in [2.05, 4.69) is 37.3 Å². The number of thiophene rings is 1. The van der Waals surface area contributed by atoms with E-state index < -0.39 is 0 Å². The van der Waals surface area contributed by atoms with Crippen LogP contribution in [0.1, 0.15) is 39.7 Å². The van der Waals surface area contributed by atoms with Crippen LogP contribution in [-0.2, 0) is 6.42 Å². The molecule has 0 N–H and O–H groups in total. The van der Waals surface area contributed by atoms with Crippen LogP contribution in [0, 0.1) is 5.92 Å². The molecule has 0 aromatic carbocycles. The van der Waals surface area contributed by atoms with Gasteiger partial charge in [-0.25, -0.2) is 0 Å². The normalized spacial score (nSPS) is 21.2. The van der Waals surface area contributed by atoms with Gasteiger partial charge in [0.2, 0.25) is 0 Å². The third-order valence-electron chi connectivity index (χ3n) is 4.30. The first-order chi connectivity index (χ1) is 10.2. The number of nitrogens with zero attached hydrogens (tertiary/aromatic N) is 2. The Hall–Kier alpha value is -1.20. The van der Waals surface area contributed by atoms with E-state index in [4.69, 9.17) is 0 Å². The number of hydrogen-bond acceptors (Lipinski definition) is 3. The van der Waals surface area contributed by atoms with Crippen molar-refractivity contribution in [2.45, 2.75) is 25.3 Å². The Labute approximate surface area is 136 Å². The van der Waals surface area contributed by atoms with Gasteiger partial charge in [0, 0.05) is 28.3 Å². The van der Waals surface area contributed by atoms with Crippen molar-refractivity contribution in [3.8, 4) is 0 Å². The first kappa shape index (κ1) is 13.5. The molecule has 1 saturated carbocycles. The first-order valence-electron chi connectivity index (χ1n) is 7.22. The van der Waals surface area contributed by atoms with Crippen LogP contribution in [0.5, 0.6) is 0 Å². The van der Waals surface area contributed by atoms with Gasteiger partial charge in [0.15, 0.2) is 0 Å². The highest BCUT2D eigenvalue weighted by Crippen LogP contribution is 2.48. The molecule has 3 nitrogen and oxygen atoms in total. The molecule has 1 aliphatic carbocycles. The Morgan fingerprint density at radius 3 is 3.00 bits per heavy atom. The monoisotopic (exact) mass is 362 g/mol. The Kier molecular flexibility index (Phi) is 3.34. The number of amides is 1. The molecule has 2 aliphatic rings. The largest absolute Gasteiger partial charge is 0.331 e. The summed E-state index contributed by atoms with van der Waals surface area (Å²) in [6.45, 7) is 0.819. The Bertz CT molecular complexity index is 695. The molecule has 1 atom stereocenters.